The van der Waals surface area contributed by atoms with E-state index in [-0.39, 0.29) is 24.3 Å². The van der Waals surface area contributed by atoms with Gasteiger partial charge >= 0.3 is 0 Å². The van der Waals surface area contributed by atoms with Crippen molar-refractivity contribution in [3.8, 4) is 0 Å². The van der Waals surface area contributed by atoms with Crippen molar-refractivity contribution in [1.82, 2.24) is 5.06 Å². The molecule has 24 heavy (non-hydrogen) atoms. The number of anilines is 1. The lowest BCUT2D eigenvalue weighted by Crippen LogP contribution is -2.36. The highest BCUT2D eigenvalue weighted by molar-refractivity contribution is 7.10. The Hall–Kier alpha value is -2.18. The molecule has 0 unspecified atom stereocenters. The Morgan fingerprint density at radius 2 is 2.00 bits per heavy atom. The predicted molar refractivity (Wildman–Crippen MR) is 93.6 cm³/mol. The number of hydrogen-bond acceptors (Lipinski definition) is 4. The molecule has 0 N–H and O–H groups in total. The van der Waals surface area contributed by atoms with Crippen LogP contribution in [0.4, 0.5) is 5.69 Å². The monoisotopic (exact) mass is 344 g/mol. The first kappa shape index (κ1) is 16.7. The van der Waals surface area contributed by atoms with Gasteiger partial charge in [0.15, 0.2) is 0 Å². The third-order valence-electron chi connectivity index (χ3n) is 4.37. The lowest BCUT2D eigenvalue weighted by molar-refractivity contribution is -0.173. The van der Waals surface area contributed by atoms with E-state index in [1.807, 2.05) is 48.7 Å². The average Bonchev–Trinajstić information content (AvgIpc) is 3.21. The van der Waals surface area contributed by atoms with Gasteiger partial charge in [-0.05, 0) is 30.5 Å². The Labute approximate surface area is 145 Å². The second-order valence-electron chi connectivity index (χ2n) is 5.89. The highest BCUT2D eigenvalue weighted by atomic mass is 32.1. The second-order valence-corrected chi connectivity index (χ2v) is 6.87. The minimum atomic E-state index is -0.456. The fraction of sp³-hybridized carbons (Fsp3) is 0.333. The summed E-state index contributed by atoms with van der Waals surface area (Å²) in [6, 6.07) is 11.4. The molecule has 5 nitrogen and oxygen atoms in total. The smallest absolute Gasteiger partial charge is 0.251 e. The molecule has 1 aromatic carbocycles. The van der Waals surface area contributed by atoms with Crippen LogP contribution in [0.25, 0.3) is 0 Å². The van der Waals surface area contributed by atoms with Crippen molar-refractivity contribution in [2.75, 3.05) is 19.1 Å². The summed E-state index contributed by atoms with van der Waals surface area (Å²) in [6.45, 7) is 2.01. The normalized spacial score (nSPS) is 20.5. The summed E-state index contributed by atoms with van der Waals surface area (Å²) in [5, 5.41) is 3.17. The van der Waals surface area contributed by atoms with Gasteiger partial charge in [0.2, 0.25) is 5.91 Å². The fourth-order valence-corrected chi connectivity index (χ4v) is 3.95. The summed E-state index contributed by atoms with van der Waals surface area (Å²) < 4.78 is 0. The molecule has 1 fully saturated rings. The SMILES string of the molecule is CON(C)C(=O)[C@H]1CC(=O)N(c2ccc(C)cc2)[C@H]1c1cccs1. The first-order valence-corrected chi connectivity index (χ1v) is 8.64. The third kappa shape index (κ3) is 2.95. The van der Waals surface area contributed by atoms with Crippen LogP contribution in [0.3, 0.4) is 0 Å². The predicted octanol–water partition coefficient (Wildman–Crippen LogP) is 3.17. The zero-order chi connectivity index (χ0) is 17.3. The van der Waals surface area contributed by atoms with E-state index in [9.17, 15) is 9.59 Å². The maximum absolute atomic E-state index is 12.7. The van der Waals surface area contributed by atoms with Crippen LogP contribution in [-0.4, -0.2) is 31.0 Å². The molecule has 0 bridgehead atoms. The number of carbonyl (C=O) groups excluding carboxylic acids is 2. The molecular weight excluding hydrogens is 324 g/mol. The zero-order valence-corrected chi connectivity index (χ0v) is 14.7. The highest BCUT2D eigenvalue weighted by Crippen LogP contribution is 2.43. The molecule has 2 heterocycles. The van der Waals surface area contributed by atoms with Gasteiger partial charge in [0, 0.05) is 24.0 Å². The maximum atomic E-state index is 12.7. The van der Waals surface area contributed by atoms with Crippen molar-refractivity contribution in [3.63, 3.8) is 0 Å². The number of amides is 2. The number of aryl methyl sites for hydroxylation is 1. The molecule has 1 saturated heterocycles. The first-order valence-electron chi connectivity index (χ1n) is 7.76. The van der Waals surface area contributed by atoms with Crippen molar-refractivity contribution >= 4 is 28.8 Å². The zero-order valence-electron chi connectivity index (χ0n) is 13.9. The van der Waals surface area contributed by atoms with E-state index in [0.29, 0.717) is 0 Å². The van der Waals surface area contributed by atoms with Gasteiger partial charge in [0.05, 0.1) is 19.1 Å². The first-order chi connectivity index (χ1) is 11.5. The van der Waals surface area contributed by atoms with Gasteiger partial charge < -0.3 is 4.90 Å². The van der Waals surface area contributed by atoms with Gasteiger partial charge in [0.1, 0.15) is 0 Å². The van der Waals surface area contributed by atoms with Crippen LogP contribution in [0, 0.1) is 12.8 Å². The Balaban J connectivity index is 2.02. The van der Waals surface area contributed by atoms with Gasteiger partial charge in [0.25, 0.3) is 5.91 Å². The third-order valence-corrected chi connectivity index (χ3v) is 5.31. The van der Waals surface area contributed by atoms with Gasteiger partial charge in [-0.1, -0.05) is 23.8 Å². The van der Waals surface area contributed by atoms with Crippen molar-refractivity contribution in [2.24, 2.45) is 5.92 Å². The van der Waals surface area contributed by atoms with E-state index in [2.05, 4.69) is 0 Å². The Morgan fingerprint density at radius 3 is 2.58 bits per heavy atom. The van der Waals surface area contributed by atoms with Gasteiger partial charge in [-0.3, -0.25) is 14.4 Å². The summed E-state index contributed by atoms with van der Waals surface area (Å²) in [4.78, 5) is 33.2. The minimum absolute atomic E-state index is 0.0416. The standard InChI is InChI=1S/C18H20N2O3S/c1-12-6-8-13(9-7-12)20-16(21)11-14(18(22)19(2)23-3)17(20)15-5-4-10-24-15/h4-10,14,17H,11H2,1-3H3/t14-,17+/m0/s1. The van der Waals surface area contributed by atoms with E-state index in [0.717, 1.165) is 16.1 Å². The number of nitrogens with zero attached hydrogens (tertiary/aromatic N) is 2. The summed E-state index contributed by atoms with van der Waals surface area (Å²) in [6.07, 6.45) is 0.184. The molecule has 1 aliphatic rings. The fourth-order valence-electron chi connectivity index (χ4n) is 3.07. The summed E-state index contributed by atoms with van der Waals surface area (Å²) in [5.41, 5.74) is 1.95. The maximum Gasteiger partial charge on any atom is 0.251 e. The van der Waals surface area contributed by atoms with Crippen molar-refractivity contribution in [2.45, 2.75) is 19.4 Å². The molecule has 1 aliphatic heterocycles. The van der Waals surface area contributed by atoms with Crippen LogP contribution in [0.5, 0.6) is 0 Å². The van der Waals surface area contributed by atoms with E-state index in [4.69, 9.17) is 4.84 Å². The highest BCUT2D eigenvalue weighted by Gasteiger charge is 2.46. The largest absolute Gasteiger partial charge is 0.303 e. The number of thiophene rings is 1. The van der Waals surface area contributed by atoms with Gasteiger partial charge in [-0.2, -0.15) is 0 Å². The van der Waals surface area contributed by atoms with Crippen LogP contribution in [0.2, 0.25) is 0 Å². The van der Waals surface area contributed by atoms with Crippen molar-refractivity contribution in [3.05, 3.63) is 52.2 Å². The molecule has 2 amide bonds. The van der Waals surface area contributed by atoms with Crippen LogP contribution in [-0.2, 0) is 14.4 Å². The topological polar surface area (TPSA) is 49.9 Å². The van der Waals surface area contributed by atoms with E-state index < -0.39 is 5.92 Å². The number of hydroxylamine groups is 2. The molecular formula is C18H20N2O3S. The van der Waals surface area contributed by atoms with Gasteiger partial charge in [-0.15, -0.1) is 11.3 Å². The molecule has 3 rings (SSSR count). The van der Waals surface area contributed by atoms with E-state index in [1.165, 1.54) is 12.2 Å². The summed E-state index contributed by atoms with van der Waals surface area (Å²) in [7, 11) is 3.03. The number of benzene rings is 1. The molecule has 0 aliphatic carbocycles. The molecule has 6 heteroatoms. The Bertz CT molecular complexity index is 727. The lowest BCUT2D eigenvalue weighted by Gasteiger charge is -2.28. The number of rotatable bonds is 4. The van der Waals surface area contributed by atoms with Crippen LogP contribution in [0.15, 0.2) is 41.8 Å². The number of carbonyl (C=O) groups is 2. The molecule has 2 atom stereocenters. The molecule has 126 valence electrons. The molecule has 2 aromatic rings. The summed E-state index contributed by atoms with van der Waals surface area (Å²) >= 11 is 1.56. The average molecular weight is 344 g/mol. The molecule has 0 saturated carbocycles. The van der Waals surface area contributed by atoms with Crippen molar-refractivity contribution < 1.29 is 14.4 Å². The Kier molecular flexibility index (Phi) is 4.69. The molecule has 0 radical (unpaired) electrons. The van der Waals surface area contributed by atoms with Crippen LogP contribution < -0.4 is 4.90 Å². The number of hydrogen-bond donors (Lipinski definition) is 0. The Morgan fingerprint density at radius 1 is 1.29 bits per heavy atom. The van der Waals surface area contributed by atoms with Gasteiger partial charge in [-0.25, -0.2) is 5.06 Å². The lowest BCUT2D eigenvalue weighted by atomic mass is 9.97. The molecule has 0 spiro atoms. The van der Waals surface area contributed by atoms with Crippen LogP contribution >= 0.6 is 11.3 Å². The summed E-state index contributed by atoms with van der Waals surface area (Å²) in [5.74, 6) is -0.679. The van der Waals surface area contributed by atoms with Crippen LogP contribution in [0.1, 0.15) is 22.9 Å². The van der Waals surface area contributed by atoms with E-state index in [1.54, 1.807) is 23.3 Å². The molecule has 1 aromatic heterocycles. The van der Waals surface area contributed by atoms with Crippen molar-refractivity contribution in [1.29, 1.82) is 0 Å². The second kappa shape index (κ2) is 6.75. The van der Waals surface area contributed by atoms with E-state index >= 15 is 0 Å². The quantitative estimate of drug-likeness (QED) is 0.801. The minimum Gasteiger partial charge on any atom is -0.303 e.